The number of hydrogen-bond acceptors (Lipinski definition) is 5. The van der Waals surface area contributed by atoms with Crippen molar-refractivity contribution in [2.75, 3.05) is 37.6 Å². The van der Waals surface area contributed by atoms with Crippen LogP contribution in [0.5, 0.6) is 0 Å². The molecule has 5 rings (SSSR count). The lowest BCUT2D eigenvalue weighted by Crippen LogP contribution is -2.57. The number of carbonyl (C=O) groups is 3. The molecule has 2 aromatic rings. The van der Waals surface area contributed by atoms with Crippen LogP contribution in [-0.4, -0.2) is 75.9 Å². The third-order valence-corrected chi connectivity index (χ3v) is 7.40. The van der Waals surface area contributed by atoms with E-state index in [1.165, 1.54) is 40.6 Å². The van der Waals surface area contributed by atoms with E-state index in [0.717, 1.165) is 10.6 Å². The van der Waals surface area contributed by atoms with Gasteiger partial charge < -0.3 is 9.80 Å². The highest BCUT2D eigenvalue weighted by molar-refractivity contribution is 8.04. The molecule has 3 aliphatic rings. The Morgan fingerprint density at radius 1 is 1.00 bits per heavy atom. The maximum atomic E-state index is 14.2. The molecule has 0 aliphatic carbocycles. The van der Waals surface area contributed by atoms with Gasteiger partial charge in [0.05, 0.1) is 0 Å². The van der Waals surface area contributed by atoms with Crippen LogP contribution in [0.2, 0.25) is 0 Å². The number of halogens is 2. The molecule has 180 valence electrons. The van der Waals surface area contributed by atoms with Gasteiger partial charge in [0.25, 0.3) is 5.91 Å². The third-order valence-electron chi connectivity index (χ3n) is 6.39. The van der Waals surface area contributed by atoms with Gasteiger partial charge in [-0.05, 0) is 41.8 Å². The molecule has 4 amide bonds. The van der Waals surface area contributed by atoms with Crippen LogP contribution in [0.1, 0.15) is 5.56 Å². The van der Waals surface area contributed by atoms with E-state index in [-0.39, 0.29) is 30.4 Å². The van der Waals surface area contributed by atoms with E-state index in [4.69, 9.17) is 0 Å². The average Bonchev–Trinajstić information content (AvgIpc) is 3.36. The molecule has 0 bridgehead atoms. The van der Waals surface area contributed by atoms with Crippen LogP contribution in [0.4, 0.5) is 19.3 Å². The molecule has 3 heterocycles. The number of piperazine rings is 1. The molecule has 10 heteroatoms. The number of imide groups is 1. The molecule has 0 saturated carbocycles. The van der Waals surface area contributed by atoms with Crippen LogP contribution in [0, 0.1) is 11.6 Å². The van der Waals surface area contributed by atoms with Gasteiger partial charge in [0.15, 0.2) is 11.8 Å². The number of fused-ring (bicyclic) bond motifs is 1. The Kier molecular flexibility index (Phi) is 6.38. The summed E-state index contributed by atoms with van der Waals surface area (Å²) < 4.78 is 28.8. The summed E-state index contributed by atoms with van der Waals surface area (Å²) in [6, 6.07) is 11.6. The highest BCUT2D eigenvalue weighted by atomic mass is 32.2. The number of amides is 4. The predicted molar refractivity (Wildman–Crippen MR) is 128 cm³/mol. The van der Waals surface area contributed by atoms with Crippen LogP contribution < -0.4 is 4.90 Å². The first-order valence-electron chi connectivity index (χ1n) is 11.3. The van der Waals surface area contributed by atoms with Crippen molar-refractivity contribution < 1.29 is 27.7 Å². The zero-order chi connectivity index (χ0) is 24.5. The summed E-state index contributed by atoms with van der Waals surface area (Å²) >= 11 is 1.27. The lowest BCUT2D eigenvalue weighted by atomic mass is 10.1. The van der Waals surface area contributed by atoms with Crippen molar-refractivity contribution >= 4 is 41.0 Å². The van der Waals surface area contributed by atoms with Crippen molar-refractivity contribution in [2.24, 2.45) is 0 Å². The topological polar surface area (TPSA) is 63.9 Å². The fraction of sp³-hybridized carbons (Fsp3) is 0.280. The lowest BCUT2D eigenvalue weighted by Gasteiger charge is -2.36. The van der Waals surface area contributed by atoms with Crippen molar-refractivity contribution in [1.82, 2.24) is 9.80 Å². The Balaban J connectivity index is 1.30. The SMILES string of the molecule is O=C(C[N+]1=C2C=CSC2C(=O)N(Cc2ccccc2F)C1=O)N1CCN(c2ccc(F)cc2)CC1. The summed E-state index contributed by atoms with van der Waals surface area (Å²) in [7, 11) is 0. The monoisotopic (exact) mass is 497 g/mol. The molecule has 7 nitrogen and oxygen atoms in total. The molecule has 0 aromatic heterocycles. The van der Waals surface area contributed by atoms with E-state index < -0.39 is 23.0 Å². The number of rotatable bonds is 5. The van der Waals surface area contributed by atoms with Gasteiger partial charge >= 0.3 is 11.9 Å². The van der Waals surface area contributed by atoms with Gasteiger partial charge in [-0.25, -0.2) is 13.6 Å². The molecule has 1 fully saturated rings. The zero-order valence-corrected chi connectivity index (χ0v) is 19.6. The number of nitrogens with zero attached hydrogens (tertiary/aromatic N) is 4. The number of benzene rings is 2. The molecule has 0 N–H and O–H groups in total. The second-order valence-electron chi connectivity index (χ2n) is 8.47. The minimum Gasteiger partial charge on any atom is -0.368 e. The van der Waals surface area contributed by atoms with Gasteiger partial charge in [-0.3, -0.25) is 4.79 Å². The maximum absolute atomic E-state index is 14.2. The van der Waals surface area contributed by atoms with Gasteiger partial charge in [-0.1, -0.05) is 18.2 Å². The third kappa shape index (κ3) is 4.58. The maximum Gasteiger partial charge on any atom is 0.501 e. The molecule has 0 radical (unpaired) electrons. The predicted octanol–water partition coefficient (Wildman–Crippen LogP) is 2.86. The normalized spacial score (nSPS) is 20.1. The molecular formula is C25H23F2N4O3S+. The molecular weight excluding hydrogens is 474 g/mol. The first-order valence-corrected chi connectivity index (χ1v) is 12.2. The second-order valence-corrected chi connectivity index (χ2v) is 9.49. The smallest absolute Gasteiger partial charge is 0.368 e. The fourth-order valence-electron chi connectivity index (χ4n) is 4.46. The Hall–Kier alpha value is -3.53. The zero-order valence-electron chi connectivity index (χ0n) is 18.8. The lowest BCUT2D eigenvalue weighted by molar-refractivity contribution is -0.428. The van der Waals surface area contributed by atoms with Gasteiger partial charge in [-0.15, -0.1) is 11.8 Å². The fourth-order valence-corrected chi connectivity index (χ4v) is 5.42. The standard InChI is InChI=1S/C25H23F2N4O3S/c26-18-5-7-19(8-6-18)28-10-12-29(13-11-28)22(32)16-30-21-9-14-35-23(21)24(33)31(25(30)34)15-17-3-1-2-4-20(17)27/h1-9,14,23H,10-13,15-16H2/q+1. The van der Waals surface area contributed by atoms with Crippen molar-refractivity contribution in [3.63, 3.8) is 0 Å². The minimum atomic E-state index is -0.636. The Bertz CT molecular complexity index is 1240. The van der Waals surface area contributed by atoms with Crippen molar-refractivity contribution in [3.8, 4) is 0 Å². The first-order chi connectivity index (χ1) is 16.9. The number of carbonyl (C=O) groups excluding carboxylic acids is 3. The summed E-state index contributed by atoms with van der Waals surface area (Å²) in [6.07, 6.45) is 1.69. The molecule has 2 aromatic carbocycles. The molecule has 1 atom stereocenters. The van der Waals surface area contributed by atoms with E-state index in [2.05, 4.69) is 4.90 Å². The number of thioether (sulfide) groups is 1. The second kappa shape index (κ2) is 9.61. The van der Waals surface area contributed by atoms with Gasteiger partial charge in [0.1, 0.15) is 23.9 Å². The quantitative estimate of drug-likeness (QED) is 0.595. The Labute approximate surface area is 205 Å². The van der Waals surface area contributed by atoms with Crippen LogP contribution in [-0.2, 0) is 16.1 Å². The van der Waals surface area contributed by atoms with Crippen molar-refractivity contribution in [1.29, 1.82) is 0 Å². The Morgan fingerprint density at radius 2 is 1.71 bits per heavy atom. The van der Waals surface area contributed by atoms with Gasteiger partial charge in [0, 0.05) is 37.4 Å². The Morgan fingerprint density at radius 3 is 2.43 bits per heavy atom. The van der Waals surface area contributed by atoms with E-state index >= 15 is 0 Å². The molecule has 3 aliphatic heterocycles. The summed E-state index contributed by atoms with van der Waals surface area (Å²) in [5, 5.41) is 1.10. The highest BCUT2D eigenvalue weighted by Crippen LogP contribution is 2.29. The highest BCUT2D eigenvalue weighted by Gasteiger charge is 2.49. The summed E-state index contributed by atoms with van der Waals surface area (Å²) in [6.45, 7) is 1.68. The first kappa shape index (κ1) is 23.2. The van der Waals surface area contributed by atoms with E-state index in [0.29, 0.717) is 31.9 Å². The number of anilines is 1. The average molecular weight is 498 g/mol. The van der Waals surface area contributed by atoms with Crippen LogP contribution in [0.25, 0.3) is 0 Å². The number of urea groups is 1. The molecule has 1 unspecified atom stereocenters. The van der Waals surface area contributed by atoms with Gasteiger partial charge in [-0.2, -0.15) is 14.3 Å². The van der Waals surface area contributed by atoms with Crippen LogP contribution >= 0.6 is 11.8 Å². The van der Waals surface area contributed by atoms with Crippen LogP contribution in [0.15, 0.2) is 60.0 Å². The van der Waals surface area contributed by atoms with Crippen molar-refractivity contribution in [3.05, 3.63) is 77.2 Å². The summed E-state index contributed by atoms with van der Waals surface area (Å²) in [4.78, 5) is 44.2. The van der Waals surface area contributed by atoms with Crippen molar-refractivity contribution in [2.45, 2.75) is 11.8 Å². The van der Waals surface area contributed by atoms with E-state index in [1.807, 2.05) is 0 Å². The van der Waals surface area contributed by atoms with E-state index in [1.54, 1.807) is 40.6 Å². The molecule has 1 saturated heterocycles. The van der Waals surface area contributed by atoms with E-state index in [9.17, 15) is 23.2 Å². The minimum absolute atomic E-state index is 0.199. The summed E-state index contributed by atoms with van der Waals surface area (Å²) in [5.41, 5.74) is 1.60. The number of hydrogen-bond donors (Lipinski definition) is 0. The summed E-state index contributed by atoms with van der Waals surface area (Å²) in [5.74, 6) is -1.44. The van der Waals surface area contributed by atoms with Crippen LogP contribution in [0.3, 0.4) is 0 Å². The number of allylic oxidation sites excluding steroid dienone is 1. The molecule has 35 heavy (non-hydrogen) atoms. The largest absolute Gasteiger partial charge is 0.501 e. The van der Waals surface area contributed by atoms with Gasteiger partial charge in [0.2, 0.25) is 0 Å². The molecule has 0 spiro atoms.